The largest absolute Gasteiger partial charge is 0.444 e. The van der Waals surface area contributed by atoms with E-state index in [4.69, 9.17) is 20.7 Å². The normalized spacial score (nSPS) is 21.9. The van der Waals surface area contributed by atoms with Crippen molar-refractivity contribution in [2.75, 3.05) is 19.7 Å². The highest BCUT2D eigenvalue weighted by Gasteiger charge is 2.41. The van der Waals surface area contributed by atoms with Crippen LogP contribution in [0, 0.1) is 12.3 Å². The number of likely N-dealkylation sites (tertiary alicyclic amines) is 1. The lowest BCUT2D eigenvalue weighted by atomic mass is 10.1. The highest BCUT2D eigenvalue weighted by atomic mass is 79.9. The predicted octanol–water partition coefficient (Wildman–Crippen LogP) is 2.58. The molecule has 2 aliphatic heterocycles. The van der Waals surface area contributed by atoms with Crippen LogP contribution in [-0.4, -0.2) is 64.5 Å². The van der Waals surface area contributed by atoms with E-state index in [2.05, 4.69) is 37.3 Å². The summed E-state index contributed by atoms with van der Waals surface area (Å²) in [5, 5.41) is 7.59. The molecule has 9 nitrogen and oxygen atoms in total. The number of hydrogen-bond acceptors (Lipinski definition) is 7. The van der Waals surface area contributed by atoms with E-state index < -0.39 is 12.1 Å². The zero-order valence-corrected chi connectivity index (χ0v) is 19.4. The van der Waals surface area contributed by atoms with Gasteiger partial charge in [0.2, 0.25) is 5.91 Å². The zero-order valence-electron chi connectivity index (χ0n) is 17.8. The number of carbonyl (C=O) groups excluding carboxylic acids is 2. The van der Waals surface area contributed by atoms with Gasteiger partial charge in [0.1, 0.15) is 23.9 Å². The number of fused-ring (bicyclic) bond motifs is 1. The molecule has 0 spiro atoms. The average molecular weight is 515 g/mol. The molecule has 1 saturated heterocycles. The Hall–Kier alpha value is -3.16. The SMILES string of the molecule is C#CCO[C@@H]1C[C@@H](C(=O)NC[C@@H]2CC(Br)=NO2)N(C(=O)OCc2cnc3ccccc3c2)C1. The Bertz CT molecular complexity index is 1100. The number of carbonyl (C=O) groups is 2. The average Bonchev–Trinajstić information content (AvgIpc) is 3.45. The predicted molar refractivity (Wildman–Crippen MR) is 124 cm³/mol. The number of ether oxygens (including phenoxy) is 2. The first-order valence-corrected chi connectivity index (χ1v) is 11.3. The quantitative estimate of drug-likeness (QED) is 0.569. The summed E-state index contributed by atoms with van der Waals surface area (Å²) in [5.41, 5.74) is 1.62. The van der Waals surface area contributed by atoms with Crippen molar-refractivity contribution in [2.24, 2.45) is 5.16 Å². The molecule has 172 valence electrons. The third-order valence-corrected chi connectivity index (χ3v) is 5.88. The number of amides is 2. The highest BCUT2D eigenvalue weighted by molar-refractivity contribution is 9.18. The van der Waals surface area contributed by atoms with Crippen LogP contribution in [0.1, 0.15) is 18.4 Å². The van der Waals surface area contributed by atoms with E-state index in [0.29, 0.717) is 17.5 Å². The molecule has 0 saturated carbocycles. The van der Waals surface area contributed by atoms with Gasteiger partial charge in [-0.2, -0.15) is 0 Å². The van der Waals surface area contributed by atoms with Crippen molar-refractivity contribution in [2.45, 2.75) is 37.7 Å². The van der Waals surface area contributed by atoms with E-state index in [0.717, 1.165) is 16.5 Å². The number of hydrogen-bond donors (Lipinski definition) is 1. The standard InChI is InChI=1S/C23H23BrN4O5/c1-2-7-31-18-9-20(22(29)26-12-17-10-21(24)27-33-17)28(13-18)23(30)32-14-15-8-16-5-3-4-6-19(16)25-11-15/h1,3-6,8,11,17-18,20H,7,9-10,12-14H2,(H,26,29)/t17-,18+,20-/m0/s1. The van der Waals surface area contributed by atoms with E-state index in [9.17, 15) is 9.59 Å². The summed E-state index contributed by atoms with van der Waals surface area (Å²) in [5.74, 6) is 2.10. The van der Waals surface area contributed by atoms with E-state index in [1.54, 1.807) is 6.20 Å². The number of terminal acetylenes is 1. The Balaban J connectivity index is 1.37. The van der Waals surface area contributed by atoms with Gasteiger partial charge >= 0.3 is 6.09 Å². The molecular weight excluding hydrogens is 492 g/mol. The van der Waals surface area contributed by atoms with E-state index in [1.165, 1.54) is 4.90 Å². The Labute approximate surface area is 199 Å². The van der Waals surface area contributed by atoms with Crippen molar-refractivity contribution in [3.63, 3.8) is 0 Å². The second-order valence-electron chi connectivity index (χ2n) is 7.78. The number of oxime groups is 1. The fourth-order valence-corrected chi connectivity index (χ4v) is 4.24. The van der Waals surface area contributed by atoms with E-state index in [-0.39, 0.29) is 44.4 Å². The monoisotopic (exact) mass is 514 g/mol. The summed E-state index contributed by atoms with van der Waals surface area (Å²) < 4.78 is 11.8. The van der Waals surface area contributed by atoms with Gasteiger partial charge in [-0.3, -0.25) is 14.7 Å². The van der Waals surface area contributed by atoms with Crippen LogP contribution in [0.2, 0.25) is 0 Å². The third kappa shape index (κ3) is 5.80. The van der Waals surface area contributed by atoms with Crippen molar-refractivity contribution >= 4 is 43.5 Å². The van der Waals surface area contributed by atoms with Crippen LogP contribution in [0.5, 0.6) is 0 Å². The van der Waals surface area contributed by atoms with Gasteiger partial charge in [0.15, 0.2) is 6.10 Å². The molecule has 1 aromatic carbocycles. The van der Waals surface area contributed by atoms with Crippen molar-refractivity contribution < 1.29 is 23.9 Å². The number of halogens is 1. The number of nitrogens with one attached hydrogen (secondary N) is 1. The second kappa shape index (κ2) is 10.6. The molecule has 4 rings (SSSR count). The van der Waals surface area contributed by atoms with Gasteiger partial charge in [0, 0.05) is 30.0 Å². The molecule has 0 aliphatic carbocycles. The molecule has 1 fully saturated rings. The molecule has 0 radical (unpaired) electrons. The van der Waals surface area contributed by atoms with Gasteiger partial charge in [-0.25, -0.2) is 4.79 Å². The molecule has 2 amide bonds. The number of rotatable bonds is 7. The summed E-state index contributed by atoms with van der Waals surface area (Å²) in [6.45, 7) is 0.628. The summed E-state index contributed by atoms with van der Waals surface area (Å²) >= 11 is 3.27. The Morgan fingerprint density at radius 2 is 2.21 bits per heavy atom. The summed E-state index contributed by atoms with van der Waals surface area (Å²) in [4.78, 5) is 36.7. The summed E-state index contributed by atoms with van der Waals surface area (Å²) in [7, 11) is 0. The molecular formula is C23H23BrN4O5. The van der Waals surface area contributed by atoms with E-state index in [1.807, 2.05) is 30.3 Å². The fraction of sp³-hybridized carbons (Fsp3) is 0.391. The minimum Gasteiger partial charge on any atom is -0.444 e. The van der Waals surface area contributed by atoms with Crippen LogP contribution >= 0.6 is 15.9 Å². The lowest BCUT2D eigenvalue weighted by Crippen LogP contribution is -2.47. The van der Waals surface area contributed by atoms with Crippen molar-refractivity contribution in [3.8, 4) is 12.3 Å². The van der Waals surface area contributed by atoms with Crippen molar-refractivity contribution in [1.29, 1.82) is 0 Å². The molecule has 2 aromatic rings. The number of benzene rings is 1. The minimum absolute atomic E-state index is 0.0403. The molecule has 0 bridgehead atoms. The van der Waals surface area contributed by atoms with Gasteiger partial charge < -0.3 is 19.6 Å². The second-order valence-corrected chi connectivity index (χ2v) is 8.69. The fourth-order valence-electron chi connectivity index (χ4n) is 3.79. The topological polar surface area (TPSA) is 102 Å². The maximum absolute atomic E-state index is 12.9. The maximum Gasteiger partial charge on any atom is 0.410 e. The molecule has 10 heteroatoms. The molecule has 1 aromatic heterocycles. The smallest absolute Gasteiger partial charge is 0.410 e. The molecule has 1 N–H and O–H groups in total. The number of nitrogens with zero attached hydrogens (tertiary/aromatic N) is 3. The first-order chi connectivity index (χ1) is 16.0. The highest BCUT2D eigenvalue weighted by Crippen LogP contribution is 2.23. The minimum atomic E-state index is -0.735. The Morgan fingerprint density at radius 3 is 3.00 bits per heavy atom. The first kappa shape index (κ1) is 23.0. The van der Waals surface area contributed by atoms with Gasteiger partial charge in [-0.1, -0.05) is 29.3 Å². The summed E-state index contributed by atoms with van der Waals surface area (Å²) in [6.07, 6.45) is 6.65. The van der Waals surface area contributed by atoms with Crippen LogP contribution in [0.3, 0.4) is 0 Å². The lowest BCUT2D eigenvalue weighted by Gasteiger charge is -2.23. The number of pyridine rings is 1. The van der Waals surface area contributed by atoms with Gasteiger partial charge in [0.05, 0.1) is 24.7 Å². The van der Waals surface area contributed by atoms with Crippen LogP contribution in [0.15, 0.2) is 41.7 Å². The Morgan fingerprint density at radius 1 is 1.36 bits per heavy atom. The van der Waals surface area contributed by atoms with Gasteiger partial charge in [-0.05, 0) is 28.1 Å². The van der Waals surface area contributed by atoms with Crippen molar-refractivity contribution in [1.82, 2.24) is 15.2 Å². The van der Waals surface area contributed by atoms with Gasteiger partial charge in [-0.15, -0.1) is 6.42 Å². The number of para-hydroxylation sites is 1. The van der Waals surface area contributed by atoms with Crippen molar-refractivity contribution in [3.05, 3.63) is 42.1 Å². The molecule has 3 atom stereocenters. The van der Waals surface area contributed by atoms with Gasteiger partial charge in [0.25, 0.3) is 0 Å². The number of aromatic nitrogens is 1. The molecule has 3 heterocycles. The molecule has 0 unspecified atom stereocenters. The zero-order chi connectivity index (χ0) is 23.2. The van der Waals surface area contributed by atoms with Crippen LogP contribution in [0.4, 0.5) is 4.79 Å². The molecule has 33 heavy (non-hydrogen) atoms. The van der Waals surface area contributed by atoms with E-state index >= 15 is 0 Å². The third-order valence-electron chi connectivity index (χ3n) is 5.41. The van der Waals surface area contributed by atoms with Crippen LogP contribution < -0.4 is 5.32 Å². The Kier molecular flexibility index (Phi) is 7.42. The first-order valence-electron chi connectivity index (χ1n) is 10.5. The van der Waals surface area contributed by atoms with Crippen LogP contribution in [0.25, 0.3) is 10.9 Å². The maximum atomic E-state index is 12.9. The lowest BCUT2D eigenvalue weighted by molar-refractivity contribution is -0.125. The molecule has 2 aliphatic rings. The summed E-state index contributed by atoms with van der Waals surface area (Å²) in [6, 6.07) is 8.88. The van der Waals surface area contributed by atoms with Crippen LogP contribution in [-0.2, 0) is 25.7 Å².